The molecule has 1 saturated heterocycles. The molecule has 9 nitrogen and oxygen atoms in total. The van der Waals surface area contributed by atoms with Gasteiger partial charge in [-0.1, -0.05) is 6.08 Å². The molecule has 0 aliphatic carbocycles. The van der Waals surface area contributed by atoms with Crippen LogP contribution in [-0.2, 0) is 9.59 Å². The van der Waals surface area contributed by atoms with Gasteiger partial charge in [0.2, 0.25) is 0 Å². The van der Waals surface area contributed by atoms with Gasteiger partial charge in [-0.05, 0) is 18.2 Å². The number of hydrogen-bond donors (Lipinski definition) is 2. The van der Waals surface area contributed by atoms with Crippen molar-refractivity contribution in [1.29, 1.82) is 0 Å². The maximum absolute atomic E-state index is 11.3. The van der Waals surface area contributed by atoms with Crippen molar-refractivity contribution < 1.29 is 23.7 Å². The van der Waals surface area contributed by atoms with E-state index in [0.29, 0.717) is 0 Å². The average molecular weight is 277 g/mol. The second kappa shape index (κ2) is 5.18. The number of allylic oxidation sites excluding steroid dienone is 2. The Morgan fingerprint density at radius 3 is 2.35 bits per heavy atom. The van der Waals surface area contributed by atoms with Gasteiger partial charge in [-0.3, -0.25) is 30.3 Å². The number of nitrogens with one attached hydrogen (secondary N) is 2. The van der Waals surface area contributed by atoms with Crippen molar-refractivity contribution in [1.82, 2.24) is 10.6 Å². The SMILES string of the molecule is O=C1NC(=O)C(=CC=Cc2ccc([N+](=O)[O-])o2)C(=O)N1. The standard InChI is InChI=1S/C11H7N3O6/c15-9-7(10(16)13-11(17)12-9)3-1-2-6-4-5-8(20-6)14(18)19/h1-5H,(H2,12,13,15,16,17). The van der Waals surface area contributed by atoms with Crippen LogP contribution in [0.4, 0.5) is 10.7 Å². The number of carbonyl (C=O) groups is 3. The predicted octanol–water partition coefficient (Wildman–Crippen LogP) is 0.493. The number of nitro groups is 1. The van der Waals surface area contributed by atoms with E-state index in [1.54, 1.807) is 0 Å². The molecule has 1 aliphatic heterocycles. The fourth-order valence-electron chi connectivity index (χ4n) is 1.40. The fraction of sp³-hybridized carbons (Fsp3) is 0. The van der Waals surface area contributed by atoms with Crippen molar-refractivity contribution in [2.24, 2.45) is 0 Å². The molecule has 1 fully saturated rings. The van der Waals surface area contributed by atoms with E-state index in [1.807, 2.05) is 10.6 Å². The summed E-state index contributed by atoms with van der Waals surface area (Å²) < 4.78 is 4.83. The Kier molecular flexibility index (Phi) is 3.42. The van der Waals surface area contributed by atoms with Crippen LogP contribution < -0.4 is 10.6 Å². The largest absolute Gasteiger partial charge is 0.433 e. The quantitative estimate of drug-likeness (QED) is 0.357. The number of hydrogen-bond acceptors (Lipinski definition) is 6. The van der Waals surface area contributed by atoms with Gasteiger partial charge in [0.05, 0.1) is 6.07 Å². The summed E-state index contributed by atoms with van der Waals surface area (Å²) in [5.74, 6) is -1.89. The van der Waals surface area contributed by atoms with Crippen molar-refractivity contribution in [3.05, 3.63) is 45.7 Å². The molecule has 20 heavy (non-hydrogen) atoms. The minimum absolute atomic E-state index is 0.182. The lowest BCUT2D eigenvalue weighted by molar-refractivity contribution is -0.402. The van der Waals surface area contributed by atoms with Gasteiger partial charge in [0.1, 0.15) is 16.3 Å². The van der Waals surface area contributed by atoms with Crippen LogP contribution in [0.25, 0.3) is 6.08 Å². The number of furan rings is 1. The Labute approximate surface area is 111 Å². The Hall–Kier alpha value is -3.23. The number of carbonyl (C=O) groups excluding carboxylic acids is 3. The third-order valence-corrected chi connectivity index (χ3v) is 2.26. The minimum atomic E-state index is -0.886. The van der Waals surface area contributed by atoms with Gasteiger partial charge in [-0.15, -0.1) is 0 Å². The van der Waals surface area contributed by atoms with Gasteiger partial charge in [0.25, 0.3) is 11.8 Å². The summed E-state index contributed by atoms with van der Waals surface area (Å²) in [6.07, 6.45) is 3.79. The first-order valence-corrected chi connectivity index (χ1v) is 5.26. The van der Waals surface area contributed by atoms with Crippen LogP contribution in [0.1, 0.15) is 5.76 Å². The number of rotatable bonds is 3. The third kappa shape index (κ3) is 2.77. The van der Waals surface area contributed by atoms with Crippen molar-refractivity contribution in [3.63, 3.8) is 0 Å². The van der Waals surface area contributed by atoms with E-state index in [4.69, 9.17) is 4.42 Å². The number of urea groups is 1. The fourth-order valence-corrected chi connectivity index (χ4v) is 1.40. The maximum atomic E-state index is 11.3. The summed E-state index contributed by atoms with van der Waals surface area (Å²) in [5.41, 5.74) is -0.262. The third-order valence-electron chi connectivity index (χ3n) is 2.26. The molecule has 102 valence electrons. The molecule has 9 heteroatoms. The number of amides is 4. The Balaban J connectivity index is 2.13. The van der Waals surface area contributed by atoms with Gasteiger partial charge in [-0.2, -0.15) is 0 Å². The van der Waals surface area contributed by atoms with E-state index in [9.17, 15) is 24.5 Å². The van der Waals surface area contributed by atoms with E-state index in [1.165, 1.54) is 24.3 Å². The lowest BCUT2D eigenvalue weighted by atomic mass is 10.2. The first kappa shape index (κ1) is 13.2. The van der Waals surface area contributed by atoms with Gasteiger partial charge in [0, 0.05) is 0 Å². The maximum Gasteiger partial charge on any atom is 0.433 e. The molecule has 0 atom stereocenters. The highest BCUT2D eigenvalue weighted by atomic mass is 16.6. The Morgan fingerprint density at radius 2 is 1.80 bits per heavy atom. The predicted molar refractivity (Wildman–Crippen MR) is 64.2 cm³/mol. The van der Waals surface area contributed by atoms with Crippen LogP contribution in [0.2, 0.25) is 0 Å². The molecule has 1 aromatic heterocycles. The minimum Gasteiger partial charge on any atom is -0.401 e. The second-order valence-electron chi connectivity index (χ2n) is 3.61. The van der Waals surface area contributed by atoms with Crippen molar-refractivity contribution >= 4 is 29.8 Å². The summed E-state index contributed by atoms with van der Waals surface area (Å²) in [6, 6.07) is 1.64. The zero-order chi connectivity index (χ0) is 14.7. The summed E-state index contributed by atoms with van der Waals surface area (Å²) >= 11 is 0. The van der Waals surface area contributed by atoms with Gasteiger partial charge < -0.3 is 4.42 Å². The summed E-state index contributed by atoms with van der Waals surface area (Å²) in [4.78, 5) is 43.2. The van der Waals surface area contributed by atoms with Crippen LogP contribution in [0.3, 0.4) is 0 Å². The first-order chi connectivity index (χ1) is 9.47. The monoisotopic (exact) mass is 277 g/mol. The lowest BCUT2D eigenvalue weighted by Gasteiger charge is -2.12. The van der Waals surface area contributed by atoms with Crippen LogP contribution in [0.15, 0.2) is 34.3 Å². The van der Waals surface area contributed by atoms with Gasteiger partial charge in [-0.25, -0.2) is 4.79 Å². The van der Waals surface area contributed by atoms with Crippen molar-refractivity contribution in [2.75, 3.05) is 0 Å². The van der Waals surface area contributed by atoms with Crippen LogP contribution >= 0.6 is 0 Å². The molecule has 0 radical (unpaired) electrons. The summed E-state index contributed by atoms with van der Waals surface area (Å²) in [6.45, 7) is 0. The zero-order valence-electron chi connectivity index (χ0n) is 9.78. The Morgan fingerprint density at radius 1 is 1.15 bits per heavy atom. The van der Waals surface area contributed by atoms with E-state index < -0.39 is 28.7 Å². The van der Waals surface area contributed by atoms with E-state index in [-0.39, 0.29) is 11.3 Å². The van der Waals surface area contributed by atoms with Crippen molar-refractivity contribution in [2.45, 2.75) is 0 Å². The molecular formula is C11H7N3O6. The van der Waals surface area contributed by atoms with Crippen LogP contribution in [0.5, 0.6) is 0 Å². The molecule has 0 aromatic carbocycles. The molecule has 0 bridgehead atoms. The highest BCUT2D eigenvalue weighted by molar-refractivity contribution is 6.29. The molecule has 0 saturated carbocycles. The lowest BCUT2D eigenvalue weighted by Crippen LogP contribution is -2.51. The summed E-state index contributed by atoms with van der Waals surface area (Å²) in [7, 11) is 0. The molecule has 0 spiro atoms. The van der Waals surface area contributed by atoms with E-state index >= 15 is 0 Å². The Bertz CT molecular complexity index is 647. The molecule has 2 heterocycles. The molecule has 1 aromatic rings. The number of imide groups is 2. The smallest absolute Gasteiger partial charge is 0.401 e. The van der Waals surface area contributed by atoms with Crippen LogP contribution in [0, 0.1) is 10.1 Å². The first-order valence-electron chi connectivity index (χ1n) is 5.26. The molecule has 4 amide bonds. The molecule has 0 unspecified atom stereocenters. The highest BCUT2D eigenvalue weighted by Gasteiger charge is 2.26. The van der Waals surface area contributed by atoms with Gasteiger partial charge >= 0.3 is 11.9 Å². The molecule has 1 aliphatic rings. The van der Waals surface area contributed by atoms with E-state index in [0.717, 1.165) is 6.08 Å². The zero-order valence-corrected chi connectivity index (χ0v) is 9.78. The number of nitrogens with zero attached hydrogens (tertiary/aromatic N) is 1. The van der Waals surface area contributed by atoms with Gasteiger partial charge in [0.15, 0.2) is 0 Å². The van der Waals surface area contributed by atoms with Crippen molar-refractivity contribution in [3.8, 4) is 0 Å². The topological polar surface area (TPSA) is 132 Å². The number of barbiturate groups is 1. The second-order valence-corrected chi connectivity index (χ2v) is 3.61. The van der Waals surface area contributed by atoms with E-state index in [2.05, 4.69) is 0 Å². The normalized spacial score (nSPS) is 15.2. The molecule has 2 rings (SSSR count). The molecule has 2 N–H and O–H groups in total. The van der Waals surface area contributed by atoms with Crippen LogP contribution in [-0.4, -0.2) is 22.8 Å². The highest BCUT2D eigenvalue weighted by Crippen LogP contribution is 2.16. The summed E-state index contributed by atoms with van der Waals surface area (Å²) in [5, 5.41) is 14.2. The average Bonchev–Trinajstić information content (AvgIpc) is 2.81. The molecular weight excluding hydrogens is 270 g/mol.